The van der Waals surface area contributed by atoms with Gasteiger partial charge < -0.3 is 10.6 Å². The second-order valence-electron chi connectivity index (χ2n) is 4.27. The first-order chi connectivity index (χ1) is 8.18. The number of aromatic nitrogens is 3. The van der Waals surface area contributed by atoms with Crippen LogP contribution >= 0.6 is 0 Å². The molecular weight excluding hydrogens is 214 g/mol. The van der Waals surface area contributed by atoms with E-state index in [9.17, 15) is 0 Å². The van der Waals surface area contributed by atoms with E-state index in [1.54, 1.807) is 10.9 Å². The fourth-order valence-corrected chi connectivity index (χ4v) is 1.75. The Labute approximate surface area is 101 Å². The highest BCUT2D eigenvalue weighted by Crippen LogP contribution is 2.14. The molecule has 2 rings (SSSR count). The number of para-hydroxylation sites is 1. The summed E-state index contributed by atoms with van der Waals surface area (Å²) < 4.78 is 1.79. The quantitative estimate of drug-likeness (QED) is 0.846. The van der Waals surface area contributed by atoms with Crippen LogP contribution in [0, 0.1) is 0 Å². The fourth-order valence-electron chi connectivity index (χ4n) is 1.75. The molecule has 1 aromatic heterocycles. The molecule has 0 saturated carbocycles. The molecule has 0 radical (unpaired) electrons. The van der Waals surface area contributed by atoms with E-state index in [0.717, 1.165) is 17.9 Å². The number of rotatable bonds is 4. The predicted octanol–water partition coefficient (Wildman–Crippen LogP) is 0.829. The Morgan fingerprint density at radius 1 is 1.29 bits per heavy atom. The Hall–Kier alpha value is -1.72. The number of likely N-dealkylation sites (N-methyl/N-ethyl adjacent to an activating group) is 1. The van der Waals surface area contributed by atoms with Gasteiger partial charge in [-0.25, -0.2) is 4.68 Å². The third kappa shape index (κ3) is 2.69. The third-order valence-electron chi connectivity index (χ3n) is 2.52. The molecule has 0 fully saturated rings. The van der Waals surface area contributed by atoms with Crippen LogP contribution in [-0.4, -0.2) is 40.5 Å². The molecule has 0 aliphatic heterocycles. The molecule has 5 heteroatoms. The third-order valence-corrected chi connectivity index (χ3v) is 2.52. The molecule has 2 N–H and O–H groups in total. The molecule has 0 aliphatic rings. The summed E-state index contributed by atoms with van der Waals surface area (Å²) in [6.45, 7) is 0.764. The minimum atomic E-state index is -0.0970. The van der Waals surface area contributed by atoms with Gasteiger partial charge in [0, 0.05) is 6.54 Å². The van der Waals surface area contributed by atoms with Gasteiger partial charge in [0.1, 0.15) is 0 Å². The van der Waals surface area contributed by atoms with Crippen molar-refractivity contribution in [3.8, 4) is 5.69 Å². The van der Waals surface area contributed by atoms with Gasteiger partial charge >= 0.3 is 0 Å². The number of nitrogens with zero attached hydrogens (tertiary/aromatic N) is 4. The van der Waals surface area contributed by atoms with Gasteiger partial charge in [0.25, 0.3) is 0 Å². The van der Waals surface area contributed by atoms with Crippen LogP contribution in [0.3, 0.4) is 0 Å². The lowest BCUT2D eigenvalue weighted by Crippen LogP contribution is -2.27. The van der Waals surface area contributed by atoms with Gasteiger partial charge in [-0.15, -0.1) is 5.10 Å². The molecule has 1 aromatic carbocycles. The van der Waals surface area contributed by atoms with Crippen LogP contribution in [-0.2, 0) is 0 Å². The van der Waals surface area contributed by atoms with Crippen molar-refractivity contribution in [2.45, 2.75) is 6.04 Å². The predicted molar refractivity (Wildman–Crippen MR) is 66.8 cm³/mol. The Morgan fingerprint density at radius 3 is 2.65 bits per heavy atom. The van der Waals surface area contributed by atoms with Crippen molar-refractivity contribution in [3.05, 3.63) is 42.2 Å². The number of hydrogen-bond donors (Lipinski definition) is 1. The average molecular weight is 231 g/mol. The molecule has 5 nitrogen and oxygen atoms in total. The summed E-state index contributed by atoms with van der Waals surface area (Å²) in [5.74, 6) is 0. The van der Waals surface area contributed by atoms with Gasteiger partial charge in [-0.1, -0.05) is 23.4 Å². The molecule has 0 bridgehead atoms. The molecular formula is C12H17N5. The summed E-state index contributed by atoms with van der Waals surface area (Å²) in [6.07, 6.45) is 1.72. The first kappa shape index (κ1) is 11.8. The largest absolute Gasteiger partial charge is 0.322 e. The smallest absolute Gasteiger partial charge is 0.0826 e. The molecule has 0 saturated heterocycles. The standard InChI is InChI=1S/C12H17N5/c1-16(2)9-11(13)12-8-14-15-17(12)10-6-4-3-5-7-10/h3-8,11H,9,13H2,1-2H3. The van der Waals surface area contributed by atoms with Crippen LogP contribution in [0.4, 0.5) is 0 Å². The average Bonchev–Trinajstić information content (AvgIpc) is 2.78. The normalized spacial score (nSPS) is 12.9. The molecule has 1 unspecified atom stereocenters. The lowest BCUT2D eigenvalue weighted by atomic mass is 10.2. The van der Waals surface area contributed by atoms with Gasteiger partial charge in [0.05, 0.1) is 23.6 Å². The second kappa shape index (κ2) is 5.07. The molecule has 2 aromatic rings. The van der Waals surface area contributed by atoms with Gasteiger partial charge in [-0.3, -0.25) is 0 Å². The highest BCUT2D eigenvalue weighted by atomic mass is 15.4. The minimum absolute atomic E-state index is 0.0970. The zero-order chi connectivity index (χ0) is 12.3. The first-order valence-electron chi connectivity index (χ1n) is 5.55. The van der Waals surface area contributed by atoms with Crippen molar-refractivity contribution in [2.75, 3.05) is 20.6 Å². The minimum Gasteiger partial charge on any atom is -0.322 e. The topological polar surface area (TPSA) is 60.0 Å². The molecule has 1 heterocycles. The van der Waals surface area contributed by atoms with Gasteiger partial charge in [-0.05, 0) is 26.2 Å². The molecule has 1 atom stereocenters. The maximum atomic E-state index is 6.14. The van der Waals surface area contributed by atoms with Crippen LogP contribution in [0.5, 0.6) is 0 Å². The van der Waals surface area contributed by atoms with E-state index in [1.807, 2.05) is 49.3 Å². The van der Waals surface area contributed by atoms with Crippen LogP contribution in [0.2, 0.25) is 0 Å². The fraction of sp³-hybridized carbons (Fsp3) is 0.333. The van der Waals surface area contributed by atoms with Gasteiger partial charge in [0.2, 0.25) is 0 Å². The van der Waals surface area contributed by atoms with E-state index in [4.69, 9.17) is 5.73 Å². The summed E-state index contributed by atoms with van der Waals surface area (Å²) in [5.41, 5.74) is 8.04. The van der Waals surface area contributed by atoms with E-state index >= 15 is 0 Å². The second-order valence-corrected chi connectivity index (χ2v) is 4.27. The SMILES string of the molecule is CN(C)CC(N)c1cnnn1-c1ccccc1. The summed E-state index contributed by atoms with van der Waals surface area (Å²) >= 11 is 0. The van der Waals surface area contributed by atoms with Crippen molar-refractivity contribution in [1.82, 2.24) is 19.9 Å². The summed E-state index contributed by atoms with van der Waals surface area (Å²) in [4.78, 5) is 2.05. The van der Waals surface area contributed by atoms with Crippen molar-refractivity contribution in [3.63, 3.8) is 0 Å². The lowest BCUT2D eigenvalue weighted by Gasteiger charge is -2.17. The van der Waals surface area contributed by atoms with Crippen molar-refractivity contribution >= 4 is 0 Å². The Morgan fingerprint density at radius 2 is 2.00 bits per heavy atom. The van der Waals surface area contributed by atoms with Crippen LogP contribution in [0.25, 0.3) is 5.69 Å². The highest BCUT2D eigenvalue weighted by molar-refractivity contribution is 5.32. The van der Waals surface area contributed by atoms with E-state index in [0.29, 0.717) is 0 Å². The highest BCUT2D eigenvalue weighted by Gasteiger charge is 2.14. The zero-order valence-electron chi connectivity index (χ0n) is 10.1. The van der Waals surface area contributed by atoms with Crippen LogP contribution in [0.1, 0.15) is 11.7 Å². The van der Waals surface area contributed by atoms with Crippen molar-refractivity contribution in [2.24, 2.45) is 5.73 Å². The number of hydrogen-bond acceptors (Lipinski definition) is 4. The van der Waals surface area contributed by atoms with E-state index in [1.165, 1.54) is 0 Å². The van der Waals surface area contributed by atoms with Crippen molar-refractivity contribution in [1.29, 1.82) is 0 Å². The molecule has 90 valence electrons. The number of nitrogens with two attached hydrogens (primary N) is 1. The van der Waals surface area contributed by atoms with Crippen LogP contribution < -0.4 is 5.73 Å². The molecule has 17 heavy (non-hydrogen) atoms. The molecule has 0 spiro atoms. The van der Waals surface area contributed by atoms with E-state index in [-0.39, 0.29) is 6.04 Å². The number of benzene rings is 1. The van der Waals surface area contributed by atoms with Crippen LogP contribution in [0.15, 0.2) is 36.5 Å². The summed E-state index contributed by atoms with van der Waals surface area (Å²) in [7, 11) is 3.99. The zero-order valence-corrected chi connectivity index (χ0v) is 10.1. The summed E-state index contributed by atoms with van der Waals surface area (Å²) in [6, 6.07) is 9.79. The Bertz CT molecular complexity index is 463. The van der Waals surface area contributed by atoms with Gasteiger partial charge in [0.15, 0.2) is 0 Å². The summed E-state index contributed by atoms with van der Waals surface area (Å²) in [5, 5.41) is 8.02. The molecule has 0 aliphatic carbocycles. The van der Waals surface area contributed by atoms with E-state index in [2.05, 4.69) is 10.3 Å². The Kier molecular flexibility index (Phi) is 3.51. The van der Waals surface area contributed by atoms with Crippen molar-refractivity contribution < 1.29 is 0 Å². The first-order valence-corrected chi connectivity index (χ1v) is 5.55. The monoisotopic (exact) mass is 231 g/mol. The van der Waals surface area contributed by atoms with E-state index < -0.39 is 0 Å². The lowest BCUT2D eigenvalue weighted by molar-refractivity contribution is 0.371. The maximum Gasteiger partial charge on any atom is 0.0826 e. The molecule has 0 amide bonds. The Balaban J connectivity index is 2.29. The van der Waals surface area contributed by atoms with Gasteiger partial charge in [-0.2, -0.15) is 0 Å². The maximum absolute atomic E-state index is 6.14.